The Kier molecular flexibility index (Phi) is 7.09. The summed E-state index contributed by atoms with van der Waals surface area (Å²) in [7, 11) is 0. The lowest BCUT2D eigenvalue weighted by Crippen LogP contribution is -2.23. The summed E-state index contributed by atoms with van der Waals surface area (Å²) in [5, 5.41) is 13.0. The Bertz CT molecular complexity index is 1220. The topological polar surface area (TPSA) is 73.0 Å². The number of carbonyl (C=O) groups excluding carboxylic acids is 1. The summed E-state index contributed by atoms with van der Waals surface area (Å²) < 4.78 is 7.26. The number of carbonyl (C=O) groups is 1. The van der Waals surface area contributed by atoms with Crippen LogP contribution in [0.5, 0.6) is 0 Å². The van der Waals surface area contributed by atoms with E-state index in [1.54, 1.807) is 18.4 Å². The van der Waals surface area contributed by atoms with Crippen molar-refractivity contribution in [2.45, 2.75) is 24.0 Å². The Labute approximate surface area is 195 Å². The number of aromatic nitrogens is 3. The van der Waals surface area contributed by atoms with E-state index < -0.39 is 0 Å². The van der Waals surface area contributed by atoms with E-state index in [9.17, 15) is 4.79 Å². The van der Waals surface area contributed by atoms with E-state index in [1.165, 1.54) is 11.8 Å². The van der Waals surface area contributed by atoms with Gasteiger partial charge in [0, 0.05) is 23.4 Å². The zero-order chi connectivity index (χ0) is 22.3. The molecule has 1 N–H and O–H groups in total. The van der Waals surface area contributed by atoms with Gasteiger partial charge in [0.1, 0.15) is 5.76 Å². The van der Waals surface area contributed by atoms with Crippen LogP contribution in [0.25, 0.3) is 11.4 Å². The number of amides is 1. The highest BCUT2D eigenvalue weighted by Gasteiger charge is 2.17. The van der Waals surface area contributed by atoms with Gasteiger partial charge in [-0.15, -0.1) is 16.8 Å². The predicted molar refractivity (Wildman–Crippen MR) is 127 cm³/mol. The highest BCUT2D eigenvalue weighted by Crippen LogP contribution is 2.31. The molecule has 0 bridgehead atoms. The van der Waals surface area contributed by atoms with E-state index in [-0.39, 0.29) is 5.91 Å². The third-order valence-corrected chi connectivity index (χ3v) is 6.11. The molecule has 0 fully saturated rings. The number of nitrogens with zero attached hydrogens (tertiary/aromatic N) is 3. The van der Waals surface area contributed by atoms with Crippen molar-refractivity contribution in [3.05, 3.63) is 101 Å². The molecule has 32 heavy (non-hydrogen) atoms. The van der Waals surface area contributed by atoms with Gasteiger partial charge in [0.2, 0.25) is 0 Å². The molecule has 4 aromatic rings. The van der Waals surface area contributed by atoms with Crippen molar-refractivity contribution in [2.24, 2.45) is 0 Å². The zero-order valence-electron chi connectivity index (χ0n) is 17.2. The van der Waals surface area contributed by atoms with Gasteiger partial charge in [-0.1, -0.05) is 59.8 Å². The summed E-state index contributed by atoms with van der Waals surface area (Å²) in [5.41, 5.74) is 2.34. The van der Waals surface area contributed by atoms with Crippen LogP contribution in [0.2, 0.25) is 5.02 Å². The highest BCUT2D eigenvalue weighted by atomic mass is 35.5. The molecule has 6 nitrogen and oxygen atoms in total. The van der Waals surface area contributed by atoms with Gasteiger partial charge in [-0.2, -0.15) is 0 Å². The number of thioether (sulfide) groups is 1. The number of hydrogen-bond donors (Lipinski definition) is 1. The van der Waals surface area contributed by atoms with Gasteiger partial charge in [0.25, 0.3) is 5.91 Å². The van der Waals surface area contributed by atoms with Gasteiger partial charge in [-0.3, -0.25) is 9.36 Å². The van der Waals surface area contributed by atoms with Crippen LogP contribution in [0.1, 0.15) is 21.7 Å². The van der Waals surface area contributed by atoms with Gasteiger partial charge in [-0.05, 0) is 35.9 Å². The van der Waals surface area contributed by atoms with E-state index in [4.69, 9.17) is 16.0 Å². The number of halogens is 1. The molecule has 4 rings (SSSR count). The molecule has 0 aliphatic rings. The van der Waals surface area contributed by atoms with Gasteiger partial charge in [0.15, 0.2) is 11.0 Å². The molecule has 2 aromatic carbocycles. The molecule has 1 amide bonds. The third kappa shape index (κ3) is 4.95. The van der Waals surface area contributed by atoms with Crippen molar-refractivity contribution >= 4 is 29.3 Å². The van der Waals surface area contributed by atoms with Crippen LogP contribution in [0, 0.1) is 0 Å². The SMILES string of the molecule is C=CCn1c(SCc2ccccc2C(=O)NCc2ccco2)nnc1-c1ccccc1Cl. The molecule has 2 aromatic heterocycles. The summed E-state index contributed by atoms with van der Waals surface area (Å²) in [5.74, 6) is 1.79. The Morgan fingerprint density at radius 1 is 1.12 bits per heavy atom. The maximum Gasteiger partial charge on any atom is 0.251 e. The molecule has 0 spiro atoms. The number of benzene rings is 2. The van der Waals surface area contributed by atoms with E-state index in [0.29, 0.717) is 41.0 Å². The minimum Gasteiger partial charge on any atom is -0.467 e. The lowest BCUT2D eigenvalue weighted by Gasteiger charge is -2.11. The lowest BCUT2D eigenvalue weighted by atomic mass is 10.1. The number of allylic oxidation sites excluding steroid dienone is 1. The van der Waals surface area contributed by atoms with Crippen LogP contribution in [0.4, 0.5) is 0 Å². The first kappa shape index (κ1) is 21.9. The van der Waals surface area contributed by atoms with Crippen LogP contribution in [-0.2, 0) is 18.8 Å². The average molecular weight is 465 g/mol. The molecule has 0 aliphatic heterocycles. The van der Waals surface area contributed by atoms with Crippen molar-refractivity contribution in [1.29, 1.82) is 0 Å². The fourth-order valence-corrected chi connectivity index (χ4v) is 4.39. The van der Waals surface area contributed by atoms with Gasteiger partial charge in [-0.25, -0.2) is 0 Å². The van der Waals surface area contributed by atoms with Crippen molar-refractivity contribution in [1.82, 2.24) is 20.1 Å². The van der Waals surface area contributed by atoms with Crippen LogP contribution in [0.3, 0.4) is 0 Å². The summed E-state index contributed by atoms with van der Waals surface area (Å²) in [6.07, 6.45) is 3.38. The number of furan rings is 1. The number of hydrogen-bond acceptors (Lipinski definition) is 5. The summed E-state index contributed by atoms with van der Waals surface area (Å²) in [4.78, 5) is 12.7. The number of rotatable bonds is 9. The Morgan fingerprint density at radius 2 is 1.94 bits per heavy atom. The van der Waals surface area contributed by atoms with Crippen LogP contribution < -0.4 is 5.32 Å². The fraction of sp³-hybridized carbons (Fsp3) is 0.125. The average Bonchev–Trinajstić information content (AvgIpc) is 3.47. The van der Waals surface area contributed by atoms with E-state index in [0.717, 1.165) is 16.3 Å². The molecule has 8 heteroatoms. The van der Waals surface area contributed by atoms with E-state index in [1.807, 2.05) is 59.2 Å². The molecule has 0 saturated carbocycles. The predicted octanol–water partition coefficient (Wildman–Crippen LogP) is 5.60. The summed E-state index contributed by atoms with van der Waals surface area (Å²) in [6.45, 7) is 4.73. The van der Waals surface area contributed by atoms with Crippen molar-refractivity contribution in [3.8, 4) is 11.4 Å². The van der Waals surface area contributed by atoms with Crippen molar-refractivity contribution < 1.29 is 9.21 Å². The first-order chi connectivity index (χ1) is 15.7. The number of nitrogens with one attached hydrogen (secondary N) is 1. The first-order valence-corrected chi connectivity index (χ1v) is 11.3. The monoisotopic (exact) mass is 464 g/mol. The molecule has 0 radical (unpaired) electrons. The standard InChI is InChI=1S/C24H21ClN4O2S/c1-2-13-29-22(20-11-5-6-12-21(20)25)27-28-24(29)32-16-17-8-3-4-10-19(17)23(30)26-15-18-9-7-14-31-18/h2-12,14H,1,13,15-16H2,(H,26,30). The van der Waals surface area contributed by atoms with E-state index >= 15 is 0 Å². The maximum absolute atomic E-state index is 12.7. The van der Waals surface area contributed by atoms with Gasteiger partial charge < -0.3 is 9.73 Å². The second-order valence-corrected chi connectivity index (χ2v) is 8.24. The van der Waals surface area contributed by atoms with Crippen LogP contribution in [-0.4, -0.2) is 20.7 Å². The lowest BCUT2D eigenvalue weighted by molar-refractivity contribution is 0.0947. The second-order valence-electron chi connectivity index (χ2n) is 6.89. The fourth-order valence-electron chi connectivity index (χ4n) is 3.22. The minimum absolute atomic E-state index is 0.151. The molecule has 2 heterocycles. The summed E-state index contributed by atoms with van der Waals surface area (Å²) in [6, 6.07) is 18.7. The smallest absolute Gasteiger partial charge is 0.251 e. The quantitative estimate of drug-likeness (QED) is 0.258. The van der Waals surface area contributed by atoms with Crippen molar-refractivity contribution in [3.63, 3.8) is 0 Å². The van der Waals surface area contributed by atoms with Crippen LogP contribution in [0.15, 0.2) is 89.2 Å². The molecular weight excluding hydrogens is 444 g/mol. The Balaban J connectivity index is 1.52. The first-order valence-electron chi connectivity index (χ1n) is 9.97. The van der Waals surface area contributed by atoms with Gasteiger partial charge >= 0.3 is 0 Å². The largest absolute Gasteiger partial charge is 0.467 e. The molecule has 0 saturated heterocycles. The Morgan fingerprint density at radius 3 is 2.72 bits per heavy atom. The normalized spacial score (nSPS) is 10.8. The van der Waals surface area contributed by atoms with Gasteiger partial charge in [0.05, 0.1) is 17.8 Å². The second kappa shape index (κ2) is 10.3. The summed E-state index contributed by atoms with van der Waals surface area (Å²) >= 11 is 7.88. The molecule has 0 atom stereocenters. The highest BCUT2D eigenvalue weighted by molar-refractivity contribution is 7.98. The van der Waals surface area contributed by atoms with Crippen molar-refractivity contribution in [2.75, 3.05) is 0 Å². The zero-order valence-corrected chi connectivity index (χ0v) is 18.8. The Hall–Kier alpha value is -3.29. The van der Waals surface area contributed by atoms with E-state index in [2.05, 4.69) is 22.1 Å². The maximum atomic E-state index is 12.7. The third-order valence-electron chi connectivity index (χ3n) is 4.77. The minimum atomic E-state index is -0.151. The molecular formula is C24H21ClN4O2S. The molecule has 0 aliphatic carbocycles. The van der Waals surface area contributed by atoms with Crippen LogP contribution >= 0.6 is 23.4 Å². The molecule has 0 unspecified atom stereocenters. The molecule has 162 valence electrons.